The summed E-state index contributed by atoms with van der Waals surface area (Å²) in [5.41, 5.74) is 10.3. The van der Waals surface area contributed by atoms with Crippen molar-refractivity contribution in [2.75, 3.05) is 39.3 Å². The van der Waals surface area contributed by atoms with E-state index in [4.69, 9.17) is 5.73 Å². The second-order valence-corrected chi connectivity index (χ2v) is 6.99. The molecule has 1 amide bonds. The highest BCUT2D eigenvalue weighted by molar-refractivity contribution is 5.92. The Kier molecular flexibility index (Phi) is 5.01. The van der Waals surface area contributed by atoms with Crippen LogP contribution in [-0.2, 0) is 19.4 Å². The summed E-state index contributed by atoms with van der Waals surface area (Å²) in [6, 6.07) is 8.45. The summed E-state index contributed by atoms with van der Waals surface area (Å²) in [4.78, 5) is 14.3. The Morgan fingerprint density at radius 3 is 2.85 bits per heavy atom. The molecule has 4 N–H and O–H groups in total. The molecule has 7 heteroatoms. The molecule has 0 radical (unpaired) electrons. The third-order valence-electron chi connectivity index (χ3n) is 5.25. The van der Waals surface area contributed by atoms with E-state index >= 15 is 0 Å². The zero-order chi connectivity index (χ0) is 17.9. The van der Waals surface area contributed by atoms with Crippen molar-refractivity contribution < 1.29 is 4.79 Å². The van der Waals surface area contributed by atoms with Gasteiger partial charge < -0.3 is 21.3 Å². The van der Waals surface area contributed by atoms with E-state index in [1.54, 1.807) is 0 Å². The monoisotopic (exact) mass is 354 g/mol. The van der Waals surface area contributed by atoms with Crippen molar-refractivity contribution in [2.24, 2.45) is 5.73 Å². The molecule has 1 aromatic heterocycles. The predicted molar refractivity (Wildman–Crippen MR) is 101 cm³/mol. The molecule has 3 heterocycles. The lowest BCUT2D eigenvalue weighted by Gasteiger charge is -2.27. The Morgan fingerprint density at radius 2 is 2.04 bits per heavy atom. The topological polar surface area (TPSA) is 88.2 Å². The molecular weight excluding hydrogens is 328 g/mol. The van der Waals surface area contributed by atoms with Gasteiger partial charge in [-0.05, 0) is 37.1 Å². The zero-order valence-corrected chi connectivity index (χ0v) is 15.0. The van der Waals surface area contributed by atoms with Crippen molar-refractivity contribution in [3.05, 3.63) is 46.8 Å². The molecule has 0 spiro atoms. The number of fused-ring (bicyclic) bond motifs is 1. The maximum absolute atomic E-state index is 11.8. The fourth-order valence-electron chi connectivity index (χ4n) is 3.83. The highest BCUT2D eigenvalue weighted by Crippen LogP contribution is 2.22. The molecule has 0 atom stereocenters. The molecule has 0 unspecified atom stereocenters. The standard InChI is InChI=1S/C19H26N6O/c20-19(26)18-16-4-6-22-13-17(16)25(23-18)15-3-1-2-14(12-15)5-9-24-10-7-21-8-11-24/h1-3,12,21-22H,4-11,13H2,(H2,20,26). The molecular formula is C19H26N6O. The second-order valence-electron chi connectivity index (χ2n) is 6.99. The summed E-state index contributed by atoms with van der Waals surface area (Å²) in [7, 11) is 0. The summed E-state index contributed by atoms with van der Waals surface area (Å²) in [5, 5.41) is 11.3. The van der Waals surface area contributed by atoms with Gasteiger partial charge in [-0.1, -0.05) is 12.1 Å². The lowest BCUT2D eigenvalue weighted by molar-refractivity contribution is 0.0994. The normalized spacial score (nSPS) is 17.8. The number of carbonyl (C=O) groups is 1. The molecule has 1 saturated heterocycles. The van der Waals surface area contributed by atoms with Gasteiger partial charge in [0.2, 0.25) is 0 Å². The van der Waals surface area contributed by atoms with E-state index in [1.165, 1.54) is 5.56 Å². The third kappa shape index (κ3) is 3.51. The lowest BCUT2D eigenvalue weighted by atomic mass is 10.1. The number of rotatable bonds is 5. The summed E-state index contributed by atoms with van der Waals surface area (Å²) in [6.07, 6.45) is 1.80. The van der Waals surface area contributed by atoms with Crippen LogP contribution in [-0.4, -0.2) is 59.9 Å². The van der Waals surface area contributed by atoms with Crippen LogP contribution < -0.4 is 16.4 Å². The molecule has 0 bridgehead atoms. The van der Waals surface area contributed by atoms with Crippen LogP contribution in [0.3, 0.4) is 0 Å². The highest BCUT2D eigenvalue weighted by Gasteiger charge is 2.24. The molecule has 2 aliphatic heterocycles. The van der Waals surface area contributed by atoms with E-state index in [-0.39, 0.29) is 0 Å². The van der Waals surface area contributed by atoms with Crippen LogP contribution in [0.5, 0.6) is 0 Å². The van der Waals surface area contributed by atoms with Gasteiger partial charge in [-0.25, -0.2) is 4.68 Å². The van der Waals surface area contributed by atoms with E-state index in [0.29, 0.717) is 12.2 Å². The third-order valence-corrected chi connectivity index (χ3v) is 5.25. The summed E-state index contributed by atoms with van der Waals surface area (Å²) < 4.78 is 1.88. The predicted octanol–water partition coefficient (Wildman–Crippen LogP) is 0.0646. The maximum atomic E-state index is 11.8. The first kappa shape index (κ1) is 17.2. The summed E-state index contributed by atoms with van der Waals surface area (Å²) in [6.45, 7) is 6.99. The molecule has 0 saturated carbocycles. The highest BCUT2D eigenvalue weighted by atomic mass is 16.1. The van der Waals surface area contributed by atoms with Crippen molar-refractivity contribution in [3.8, 4) is 5.69 Å². The van der Waals surface area contributed by atoms with Crippen molar-refractivity contribution in [1.82, 2.24) is 25.3 Å². The average molecular weight is 354 g/mol. The van der Waals surface area contributed by atoms with Gasteiger partial charge in [0.05, 0.1) is 11.4 Å². The van der Waals surface area contributed by atoms with Crippen LogP contribution in [0.4, 0.5) is 0 Å². The zero-order valence-electron chi connectivity index (χ0n) is 15.0. The summed E-state index contributed by atoms with van der Waals surface area (Å²) in [5.74, 6) is -0.447. The molecule has 7 nitrogen and oxygen atoms in total. The number of nitrogens with two attached hydrogens (primary N) is 1. The first-order chi connectivity index (χ1) is 12.7. The van der Waals surface area contributed by atoms with Crippen molar-refractivity contribution in [2.45, 2.75) is 19.4 Å². The quantitative estimate of drug-likeness (QED) is 0.707. The number of hydrogen-bond donors (Lipinski definition) is 3. The maximum Gasteiger partial charge on any atom is 0.269 e. The fourth-order valence-corrected chi connectivity index (χ4v) is 3.83. The lowest BCUT2D eigenvalue weighted by Crippen LogP contribution is -2.44. The van der Waals surface area contributed by atoms with E-state index in [1.807, 2.05) is 10.7 Å². The second kappa shape index (κ2) is 7.57. The van der Waals surface area contributed by atoms with E-state index < -0.39 is 5.91 Å². The van der Waals surface area contributed by atoms with Gasteiger partial charge in [0.15, 0.2) is 5.69 Å². The Bertz CT molecular complexity index is 793. The molecule has 1 aromatic carbocycles. The van der Waals surface area contributed by atoms with Gasteiger partial charge in [0.25, 0.3) is 5.91 Å². The van der Waals surface area contributed by atoms with Crippen LogP contribution in [0.1, 0.15) is 27.3 Å². The number of amides is 1. The van der Waals surface area contributed by atoms with Gasteiger partial charge in [-0.2, -0.15) is 5.10 Å². The molecule has 26 heavy (non-hydrogen) atoms. The van der Waals surface area contributed by atoms with Crippen molar-refractivity contribution in [3.63, 3.8) is 0 Å². The molecule has 1 fully saturated rings. The van der Waals surface area contributed by atoms with E-state index in [9.17, 15) is 4.79 Å². The molecule has 0 aliphatic carbocycles. The molecule has 138 valence electrons. The minimum Gasteiger partial charge on any atom is -0.364 e. The Balaban J connectivity index is 1.57. The van der Waals surface area contributed by atoms with E-state index in [0.717, 1.165) is 69.1 Å². The number of hydrogen-bond acceptors (Lipinski definition) is 5. The number of nitrogens with one attached hydrogen (secondary N) is 2. The van der Waals surface area contributed by atoms with Gasteiger partial charge in [0, 0.05) is 44.8 Å². The largest absolute Gasteiger partial charge is 0.364 e. The van der Waals surface area contributed by atoms with Crippen molar-refractivity contribution >= 4 is 5.91 Å². The van der Waals surface area contributed by atoms with Gasteiger partial charge >= 0.3 is 0 Å². The van der Waals surface area contributed by atoms with Crippen LogP contribution in [0.25, 0.3) is 5.69 Å². The van der Waals surface area contributed by atoms with Crippen molar-refractivity contribution in [1.29, 1.82) is 0 Å². The Morgan fingerprint density at radius 1 is 1.19 bits per heavy atom. The fraction of sp³-hybridized carbons (Fsp3) is 0.474. The van der Waals surface area contributed by atoms with Crippen LogP contribution in [0.2, 0.25) is 0 Å². The Hall–Kier alpha value is -2.22. The van der Waals surface area contributed by atoms with Crippen LogP contribution in [0, 0.1) is 0 Å². The molecule has 2 aromatic rings. The minimum atomic E-state index is -0.447. The number of primary amides is 1. The number of piperazine rings is 1. The molecule has 4 rings (SSSR count). The number of aromatic nitrogens is 2. The SMILES string of the molecule is NC(=O)c1nn(-c2cccc(CCN3CCNCC3)c2)c2c1CCNC2. The van der Waals surface area contributed by atoms with Gasteiger partial charge in [0.1, 0.15) is 0 Å². The number of nitrogens with zero attached hydrogens (tertiary/aromatic N) is 3. The van der Waals surface area contributed by atoms with Crippen LogP contribution in [0.15, 0.2) is 24.3 Å². The molecule has 2 aliphatic rings. The first-order valence-electron chi connectivity index (χ1n) is 9.36. The number of benzene rings is 1. The van der Waals surface area contributed by atoms with Gasteiger partial charge in [-0.15, -0.1) is 0 Å². The van der Waals surface area contributed by atoms with E-state index in [2.05, 4.69) is 38.8 Å². The first-order valence-corrected chi connectivity index (χ1v) is 9.36. The number of carbonyl (C=O) groups excluding carboxylic acids is 1. The van der Waals surface area contributed by atoms with Crippen LogP contribution >= 0.6 is 0 Å². The average Bonchev–Trinajstić information content (AvgIpc) is 3.07. The minimum absolute atomic E-state index is 0.410. The Labute approximate surface area is 153 Å². The summed E-state index contributed by atoms with van der Waals surface area (Å²) >= 11 is 0. The van der Waals surface area contributed by atoms with Gasteiger partial charge in [-0.3, -0.25) is 4.79 Å². The smallest absolute Gasteiger partial charge is 0.269 e.